The number of ether oxygens (including phenoxy) is 1. The van der Waals surface area contributed by atoms with Crippen molar-refractivity contribution in [2.24, 2.45) is 7.05 Å². The third kappa shape index (κ3) is 2.48. The van der Waals surface area contributed by atoms with Gasteiger partial charge in [0.25, 0.3) is 0 Å². The Morgan fingerprint density at radius 3 is 2.72 bits per heavy atom. The lowest BCUT2D eigenvalue weighted by Crippen LogP contribution is -2.24. The van der Waals surface area contributed by atoms with Crippen LogP contribution in [0.3, 0.4) is 0 Å². The van der Waals surface area contributed by atoms with E-state index in [1.54, 1.807) is 25.8 Å². The van der Waals surface area contributed by atoms with Crippen molar-refractivity contribution >= 4 is 0 Å². The minimum atomic E-state index is -0.111. The molecule has 0 saturated carbocycles. The van der Waals surface area contributed by atoms with Gasteiger partial charge in [0.05, 0.1) is 25.2 Å². The largest absolute Gasteiger partial charge is 0.480 e. The van der Waals surface area contributed by atoms with Gasteiger partial charge in [0.15, 0.2) is 0 Å². The summed E-state index contributed by atoms with van der Waals surface area (Å²) in [6.45, 7) is 2.85. The minimum absolute atomic E-state index is 0.111. The summed E-state index contributed by atoms with van der Waals surface area (Å²) < 4.78 is 7.16. The Balaban J connectivity index is 2.41. The van der Waals surface area contributed by atoms with E-state index in [0.717, 1.165) is 17.9 Å². The predicted octanol–water partition coefficient (Wildman–Crippen LogP) is 0.918. The van der Waals surface area contributed by atoms with Crippen LogP contribution in [0.15, 0.2) is 24.9 Å². The number of hydrogen-bond acceptors (Lipinski definition) is 5. The van der Waals surface area contributed by atoms with Crippen molar-refractivity contribution in [2.75, 3.05) is 13.7 Å². The van der Waals surface area contributed by atoms with Crippen LogP contribution < -0.4 is 10.1 Å². The molecule has 1 N–H and O–H groups in total. The Bertz CT molecular complexity index is 511. The second kappa shape index (κ2) is 5.59. The fourth-order valence-electron chi connectivity index (χ4n) is 1.82. The molecule has 6 nitrogen and oxygen atoms in total. The zero-order valence-corrected chi connectivity index (χ0v) is 10.8. The molecule has 1 unspecified atom stereocenters. The Labute approximate surface area is 106 Å². The zero-order chi connectivity index (χ0) is 13.0. The van der Waals surface area contributed by atoms with Crippen molar-refractivity contribution in [1.82, 2.24) is 24.8 Å². The first-order chi connectivity index (χ1) is 8.76. The first kappa shape index (κ1) is 12.5. The highest BCUT2D eigenvalue weighted by Crippen LogP contribution is 2.24. The molecule has 2 heterocycles. The van der Waals surface area contributed by atoms with E-state index < -0.39 is 0 Å². The van der Waals surface area contributed by atoms with Crippen LogP contribution in [0.1, 0.15) is 24.4 Å². The number of methoxy groups -OCH3 is 1. The Hall–Kier alpha value is -1.95. The molecule has 0 aliphatic carbocycles. The van der Waals surface area contributed by atoms with Crippen molar-refractivity contribution in [1.29, 1.82) is 0 Å². The molecule has 0 aliphatic rings. The smallest absolute Gasteiger partial charge is 0.237 e. The summed E-state index contributed by atoms with van der Waals surface area (Å²) in [5.41, 5.74) is 1.65. The van der Waals surface area contributed by atoms with E-state index in [0.29, 0.717) is 5.88 Å². The Morgan fingerprint density at radius 1 is 1.33 bits per heavy atom. The average molecular weight is 247 g/mol. The van der Waals surface area contributed by atoms with Crippen LogP contribution in [0.4, 0.5) is 0 Å². The summed E-state index contributed by atoms with van der Waals surface area (Å²) in [5.74, 6) is 0.522. The van der Waals surface area contributed by atoms with Crippen LogP contribution >= 0.6 is 0 Å². The molecule has 0 saturated heterocycles. The van der Waals surface area contributed by atoms with Crippen molar-refractivity contribution in [2.45, 2.75) is 13.0 Å². The summed E-state index contributed by atoms with van der Waals surface area (Å²) in [7, 11) is 3.53. The third-order valence-electron chi connectivity index (χ3n) is 2.59. The van der Waals surface area contributed by atoms with Gasteiger partial charge in [-0.3, -0.25) is 4.98 Å². The van der Waals surface area contributed by atoms with Gasteiger partial charge in [-0.15, -0.1) is 0 Å². The number of rotatable bonds is 5. The van der Waals surface area contributed by atoms with E-state index in [2.05, 4.69) is 20.3 Å². The maximum Gasteiger partial charge on any atom is 0.237 e. The predicted molar refractivity (Wildman–Crippen MR) is 67.3 cm³/mol. The van der Waals surface area contributed by atoms with Crippen LogP contribution in [-0.2, 0) is 7.05 Å². The van der Waals surface area contributed by atoms with E-state index in [1.165, 1.54) is 0 Å². The SMILES string of the molecule is CCNC(c1cn(C)cn1)c1nccnc1OC. The third-order valence-corrected chi connectivity index (χ3v) is 2.59. The summed E-state index contributed by atoms with van der Waals surface area (Å²) in [4.78, 5) is 12.9. The molecule has 0 spiro atoms. The molecule has 96 valence electrons. The van der Waals surface area contributed by atoms with Crippen LogP contribution in [-0.4, -0.2) is 33.2 Å². The van der Waals surface area contributed by atoms with E-state index >= 15 is 0 Å². The average Bonchev–Trinajstić information content (AvgIpc) is 2.82. The molecule has 0 radical (unpaired) electrons. The van der Waals surface area contributed by atoms with Crippen molar-refractivity contribution in [3.8, 4) is 5.88 Å². The molecule has 0 bridgehead atoms. The molecular weight excluding hydrogens is 230 g/mol. The fourth-order valence-corrected chi connectivity index (χ4v) is 1.82. The Kier molecular flexibility index (Phi) is 3.88. The molecular formula is C12H17N5O. The number of nitrogens with one attached hydrogen (secondary N) is 1. The normalized spacial score (nSPS) is 12.4. The number of hydrogen-bond donors (Lipinski definition) is 1. The summed E-state index contributed by atoms with van der Waals surface area (Å²) >= 11 is 0. The molecule has 0 amide bonds. The zero-order valence-electron chi connectivity index (χ0n) is 10.8. The second-order valence-corrected chi connectivity index (χ2v) is 3.91. The number of aromatic nitrogens is 4. The van der Waals surface area contributed by atoms with Gasteiger partial charge >= 0.3 is 0 Å². The standard InChI is InChI=1S/C12H17N5O/c1-4-13-10(9-7-17(2)8-16-9)11-12(18-3)15-6-5-14-11/h5-8,10,13H,4H2,1-3H3. The van der Waals surface area contributed by atoms with Gasteiger partial charge in [0, 0.05) is 25.6 Å². The maximum atomic E-state index is 5.25. The molecule has 0 aliphatic heterocycles. The molecule has 2 rings (SSSR count). The lowest BCUT2D eigenvalue weighted by atomic mass is 10.1. The van der Waals surface area contributed by atoms with E-state index in [4.69, 9.17) is 4.74 Å². The lowest BCUT2D eigenvalue weighted by Gasteiger charge is -2.16. The number of nitrogens with zero attached hydrogens (tertiary/aromatic N) is 4. The summed E-state index contributed by atoms with van der Waals surface area (Å²) in [5, 5.41) is 3.34. The maximum absolute atomic E-state index is 5.25. The van der Waals surface area contributed by atoms with Gasteiger partial charge in [-0.25, -0.2) is 9.97 Å². The van der Waals surface area contributed by atoms with Crippen LogP contribution in [0.25, 0.3) is 0 Å². The van der Waals surface area contributed by atoms with Crippen LogP contribution in [0.5, 0.6) is 5.88 Å². The molecule has 0 fully saturated rings. The quantitative estimate of drug-likeness (QED) is 0.851. The highest BCUT2D eigenvalue weighted by atomic mass is 16.5. The van der Waals surface area contributed by atoms with E-state index in [-0.39, 0.29) is 6.04 Å². The van der Waals surface area contributed by atoms with Gasteiger partial charge in [0.1, 0.15) is 5.69 Å². The van der Waals surface area contributed by atoms with Gasteiger partial charge < -0.3 is 14.6 Å². The minimum Gasteiger partial charge on any atom is -0.480 e. The Morgan fingerprint density at radius 2 is 2.11 bits per heavy atom. The second-order valence-electron chi connectivity index (χ2n) is 3.91. The first-order valence-corrected chi connectivity index (χ1v) is 5.82. The monoisotopic (exact) mass is 247 g/mol. The van der Waals surface area contributed by atoms with Gasteiger partial charge in [-0.05, 0) is 6.54 Å². The number of aryl methyl sites for hydroxylation is 1. The molecule has 6 heteroatoms. The summed E-state index contributed by atoms with van der Waals surface area (Å²) in [6.07, 6.45) is 7.00. The topological polar surface area (TPSA) is 64.9 Å². The molecule has 18 heavy (non-hydrogen) atoms. The van der Waals surface area contributed by atoms with Crippen molar-refractivity contribution in [3.63, 3.8) is 0 Å². The van der Waals surface area contributed by atoms with E-state index in [9.17, 15) is 0 Å². The lowest BCUT2D eigenvalue weighted by molar-refractivity contribution is 0.382. The van der Waals surface area contributed by atoms with Gasteiger partial charge in [0.2, 0.25) is 5.88 Å². The summed E-state index contributed by atoms with van der Waals surface area (Å²) in [6, 6.07) is -0.111. The molecule has 2 aromatic heterocycles. The van der Waals surface area contributed by atoms with Crippen molar-refractivity contribution < 1.29 is 4.74 Å². The fraction of sp³-hybridized carbons (Fsp3) is 0.417. The highest BCUT2D eigenvalue weighted by Gasteiger charge is 2.21. The van der Waals surface area contributed by atoms with Crippen LogP contribution in [0, 0.1) is 0 Å². The van der Waals surface area contributed by atoms with Gasteiger partial charge in [-0.2, -0.15) is 0 Å². The molecule has 0 aromatic carbocycles. The van der Waals surface area contributed by atoms with Crippen molar-refractivity contribution in [3.05, 3.63) is 36.3 Å². The van der Waals surface area contributed by atoms with Gasteiger partial charge in [-0.1, -0.05) is 6.92 Å². The highest BCUT2D eigenvalue weighted by molar-refractivity contribution is 5.28. The molecule has 2 aromatic rings. The molecule has 1 atom stereocenters. The number of imidazole rings is 1. The van der Waals surface area contributed by atoms with E-state index in [1.807, 2.05) is 24.7 Å². The van der Waals surface area contributed by atoms with Crippen LogP contribution in [0.2, 0.25) is 0 Å². The first-order valence-electron chi connectivity index (χ1n) is 5.82.